The highest BCUT2D eigenvalue weighted by atomic mass is 19.2. The molecule has 0 N–H and O–H groups in total. The predicted molar refractivity (Wildman–Crippen MR) is 127 cm³/mol. The van der Waals surface area contributed by atoms with Crippen molar-refractivity contribution in [2.24, 2.45) is 17.8 Å². The van der Waals surface area contributed by atoms with E-state index in [2.05, 4.69) is 13.0 Å². The van der Waals surface area contributed by atoms with Gasteiger partial charge in [-0.2, -0.15) is 0 Å². The van der Waals surface area contributed by atoms with Gasteiger partial charge in [-0.05, 0) is 104 Å². The molecule has 4 rings (SSSR count). The fourth-order valence-corrected chi connectivity index (χ4v) is 6.29. The normalized spacial score (nSPS) is 26.5. The number of allylic oxidation sites excluding steroid dienone is 2. The first kappa shape index (κ1) is 22.5. The molecule has 31 heavy (non-hydrogen) atoms. The van der Waals surface area contributed by atoms with Gasteiger partial charge in [0.15, 0.2) is 11.6 Å². The van der Waals surface area contributed by atoms with Crippen molar-refractivity contribution in [3.8, 4) is 0 Å². The number of unbranched alkanes of at least 4 members (excludes halogenated alkanes) is 1. The van der Waals surface area contributed by atoms with Crippen LogP contribution in [-0.4, -0.2) is 0 Å². The van der Waals surface area contributed by atoms with E-state index in [1.807, 2.05) is 37.3 Å². The molecule has 2 fully saturated rings. The molecule has 0 spiro atoms. The highest BCUT2D eigenvalue weighted by molar-refractivity contribution is 5.85. The Bertz CT molecular complexity index is 913. The first-order valence-electron chi connectivity index (χ1n) is 12.6. The minimum Gasteiger partial charge on any atom is -0.203 e. The van der Waals surface area contributed by atoms with Gasteiger partial charge in [0, 0.05) is 5.39 Å². The van der Waals surface area contributed by atoms with E-state index in [0.29, 0.717) is 23.3 Å². The lowest BCUT2D eigenvalue weighted by Crippen LogP contribution is -2.30. The van der Waals surface area contributed by atoms with Crippen LogP contribution in [-0.2, 0) is 6.42 Å². The summed E-state index contributed by atoms with van der Waals surface area (Å²) < 4.78 is 29.6. The fourth-order valence-electron chi connectivity index (χ4n) is 6.29. The maximum Gasteiger partial charge on any atom is 0.166 e. The van der Waals surface area contributed by atoms with Gasteiger partial charge in [0.2, 0.25) is 0 Å². The summed E-state index contributed by atoms with van der Waals surface area (Å²) in [5.74, 6) is 1.82. The Kier molecular flexibility index (Phi) is 7.46. The van der Waals surface area contributed by atoms with Crippen molar-refractivity contribution in [1.29, 1.82) is 0 Å². The van der Waals surface area contributed by atoms with Gasteiger partial charge in [-0.1, -0.05) is 56.9 Å². The van der Waals surface area contributed by atoms with Gasteiger partial charge in [0.05, 0.1) is 0 Å². The van der Waals surface area contributed by atoms with E-state index in [1.165, 1.54) is 63.4 Å². The third-order valence-electron chi connectivity index (χ3n) is 8.09. The predicted octanol–water partition coefficient (Wildman–Crippen LogP) is 9.12. The molecule has 0 bridgehead atoms. The molecule has 4 unspecified atom stereocenters. The summed E-state index contributed by atoms with van der Waals surface area (Å²) in [6.45, 7) is 4.24. The van der Waals surface area contributed by atoms with Crippen LogP contribution in [0.4, 0.5) is 8.78 Å². The molecule has 4 atom stereocenters. The van der Waals surface area contributed by atoms with Crippen LogP contribution in [0.15, 0.2) is 36.4 Å². The van der Waals surface area contributed by atoms with Crippen LogP contribution in [0.2, 0.25) is 0 Å². The lowest BCUT2D eigenvalue weighted by molar-refractivity contribution is 0.113. The second kappa shape index (κ2) is 10.3. The number of aryl methyl sites for hydroxylation is 1. The van der Waals surface area contributed by atoms with Crippen LogP contribution in [0.1, 0.15) is 95.1 Å². The van der Waals surface area contributed by atoms with Gasteiger partial charge >= 0.3 is 0 Å². The minimum atomic E-state index is -0.667. The van der Waals surface area contributed by atoms with E-state index in [0.717, 1.165) is 29.6 Å². The molecular formula is C29H38F2. The topological polar surface area (TPSA) is 0 Å². The molecule has 0 aliphatic heterocycles. The number of halogens is 2. The molecule has 2 aliphatic carbocycles. The highest BCUT2D eigenvalue weighted by Gasteiger charge is 2.35. The average molecular weight is 425 g/mol. The molecule has 0 radical (unpaired) electrons. The van der Waals surface area contributed by atoms with Crippen molar-refractivity contribution in [3.05, 3.63) is 59.2 Å². The summed E-state index contributed by atoms with van der Waals surface area (Å²) in [5, 5.41) is 1.28. The number of hydrogen-bond donors (Lipinski definition) is 0. The van der Waals surface area contributed by atoms with E-state index < -0.39 is 11.6 Å². The molecule has 168 valence electrons. The maximum atomic E-state index is 14.9. The van der Waals surface area contributed by atoms with Crippen molar-refractivity contribution in [3.63, 3.8) is 0 Å². The summed E-state index contributed by atoms with van der Waals surface area (Å²) in [6.07, 6.45) is 17.2. The van der Waals surface area contributed by atoms with Crippen LogP contribution in [0.5, 0.6) is 0 Å². The van der Waals surface area contributed by atoms with Gasteiger partial charge in [-0.25, -0.2) is 8.78 Å². The van der Waals surface area contributed by atoms with Crippen LogP contribution < -0.4 is 0 Å². The summed E-state index contributed by atoms with van der Waals surface area (Å²) in [4.78, 5) is 0. The molecule has 2 saturated carbocycles. The zero-order chi connectivity index (χ0) is 21.8. The summed E-state index contributed by atoms with van der Waals surface area (Å²) in [7, 11) is 0. The van der Waals surface area contributed by atoms with Crippen LogP contribution in [0.25, 0.3) is 10.8 Å². The Hall–Kier alpha value is -1.70. The Morgan fingerprint density at radius 3 is 2.58 bits per heavy atom. The van der Waals surface area contributed by atoms with Gasteiger partial charge in [0.1, 0.15) is 0 Å². The van der Waals surface area contributed by atoms with Crippen molar-refractivity contribution < 1.29 is 8.78 Å². The van der Waals surface area contributed by atoms with Gasteiger partial charge < -0.3 is 0 Å². The van der Waals surface area contributed by atoms with Gasteiger partial charge in [-0.15, -0.1) is 0 Å². The molecule has 0 heterocycles. The molecule has 0 saturated heterocycles. The third-order valence-corrected chi connectivity index (χ3v) is 8.09. The lowest BCUT2D eigenvalue weighted by atomic mass is 9.63. The number of hydrogen-bond acceptors (Lipinski definition) is 0. The van der Waals surface area contributed by atoms with Crippen LogP contribution >= 0.6 is 0 Å². The Morgan fingerprint density at radius 2 is 1.77 bits per heavy atom. The van der Waals surface area contributed by atoms with Crippen molar-refractivity contribution in [2.75, 3.05) is 0 Å². The van der Waals surface area contributed by atoms with Crippen LogP contribution in [0.3, 0.4) is 0 Å². The van der Waals surface area contributed by atoms with Crippen molar-refractivity contribution >= 4 is 10.8 Å². The van der Waals surface area contributed by atoms with E-state index >= 15 is 0 Å². The fraction of sp³-hybridized carbons (Fsp3) is 0.586. The first-order chi connectivity index (χ1) is 15.1. The third kappa shape index (κ3) is 5.04. The molecule has 2 heteroatoms. The second-order valence-corrected chi connectivity index (χ2v) is 10.1. The summed E-state index contributed by atoms with van der Waals surface area (Å²) in [5.41, 5.74) is 1.69. The standard InChI is InChI=1S/C29H38F2/c1-3-5-7-9-26-18-25-15-14-24(19-27(25)29(31)28(26)30)23-13-12-21-16-20(8-6-4-2)10-11-22(21)17-23/h3,5,14-15,18-23H,4,6-13,16-17H2,1-2H3/b5-3+. The largest absolute Gasteiger partial charge is 0.203 e. The zero-order valence-electron chi connectivity index (χ0n) is 19.3. The monoisotopic (exact) mass is 424 g/mol. The Balaban J connectivity index is 1.48. The van der Waals surface area contributed by atoms with Crippen molar-refractivity contribution in [1.82, 2.24) is 0 Å². The minimum absolute atomic E-state index is 0.454. The second-order valence-electron chi connectivity index (χ2n) is 10.1. The van der Waals surface area contributed by atoms with Crippen molar-refractivity contribution in [2.45, 2.75) is 90.4 Å². The lowest BCUT2D eigenvalue weighted by Gasteiger charge is -2.42. The highest BCUT2D eigenvalue weighted by Crippen LogP contribution is 2.48. The molecule has 2 aromatic rings. The zero-order valence-corrected chi connectivity index (χ0v) is 19.3. The van der Waals surface area contributed by atoms with E-state index in [9.17, 15) is 8.78 Å². The molecule has 0 amide bonds. The number of fused-ring (bicyclic) bond motifs is 2. The average Bonchev–Trinajstić information content (AvgIpc) is 2.80. The first-order valence-corrected chi connectivity index (χ1v) is 12.6. The molecule has 2 aromatic carbocycles. The maximum absolute atomic E-state index is 14.9. The molecular weight excluding hydrogens is 386 g/mol. The number of rotatable bonds is 7. The Morgan fingerprint density at radius 1 is 0.968 bits per heavy atom. The Labute approximate surface area is 187 Å². The quantitative estimate of drug-likeness (QED) is 0.389. The van der Waals surface area contributed by atoms with E-state index in [1.54, 1.807) is 0 Å². The number of benzene rings is 2. The summed E-state index contributed by atoms with van der Waals surface area (Å²) >= 11 is 0. The molecule has 0 nitrogen and oxygen atoms in total. The smallest absolute Gasteiger partial charge is 0.166 e. The van der Waals surface area contributed by atoms with E-state index in [4.69, 9.17) is 0 Å². The summed E-state index contributed by atoms with van der Waals surface area (Å²) in [6, 6.07) is 7.98. The van der Waals surface area contributed by atoms with E-state index in [-0.39, 0.29) is 0 Å². The van der Waals surface area contributed by atoms with Gasteiger partial charge in [0.25, 0.3) is 0 Å². The van der Waals surface area contributed by atoms with Gasteiger partial charge in [-0.3, -0.25) is 0 Å². The van der Waals surface area contributed by atoms with Crippen LogP contribution in [0, 0.1) is 29.4 Å². The SMILES string of the molecule is C/C=C/CCc1cc2ccc(C3CCC4CC(CCCC)CCC4C3)cc2c(F)c1F. The molecule has 2 aliphatic rings. The molecule has 0 aromatic heterocycles.